The van der Waals surface area contributed by atoms with Gasteiger partial charge in [0.05, 0.1) is 0 Å². The van der Waals surface area contributed by atoms with Crippen LogP contribution in [0.15, 0.2) is 36.4 Å². The summed E-state index contributed by atoms with van der Waals surface area (Å²) in [4.78, 5) is 10.4. The molecule has 0 aliphatic rings. The molecule has 0 amide bonds. The van der Waals surface area contributed by atoms with Gasteiger partial charge in [-0.2, -0.15) is 0 Å². The van der Waals surface area contributed by atoms with Crippen LogP contribution in [0.2, 0.25) is 0 Å². The van der Waals surface area contributed by atoms with E-state index in [9.17, 15) is 4.79 Å². The topological polar surface area (TPSA) is 57.5 Å². The maximum atomic E-state index is 10.4. The highest BCUT2D eigenvalue weighted by Gasteiger charge is 2.10. The summed E-state index contributed by atoms with van der Waals surface area (Å²) in [6.07, 6.45) is 0.549. The summed E-state index contributed by atoms with van der Waals surface area (Å²) in [5, 5.41) is 17.6. The Labute approximate surface area is 88.7 Å². The minimum Gasteiger partial charge on any atom is -0.479 e. The molecule has 3 heteroatoms. The van der Waals surface area contributed by atoms with Gasteiger partial charge in [-0.15, -0.1) is 0 Å². The number of allylic oxidation sites excluding steroid dienone is 1. The molecule has 1 atom stereocenters. The first-order valence-corrected chi connectivity index (χ1v) is 4.74. The minimum absolute atomic E-state index is 0.135. The van der Waals surface area contributed by atoms with Gasteiger partial charge < -0.3 is 10.2 Å². The Balaban J connectivity index is 2.65. The van der Waals surface area contributed by atoms with Crippen LogP contribution in [0.25, 0.3) is 5.57 Å². The summed E-state index contributed by atoms with van der Waals surface area (Å²) >= 11 is 0. The van der Waals surface area contributed by atoms with Gasteiger partial charge in [0, 0.05) is 6.42 Å². The second kappa shape index (κ2) is 5.32. The van der Waals surface area contributed by atoms with Gasteiger partial charge in [0.2, 0.25) is 0 Å². The van der Waals surface area contributed by atoms with Gasteiger partial charge in [0.15, 0.2) is 6.10 Å². The number of rotatable bonds is 4. The maximum absolute atomic E-state index is 10.4. The van der Waals surface area contributed by atoms with Gasteiger partial charge >= 0.3 is 5.97 Å². The molecule has 0 saturated carbocycles. The normalized spacial score (nSPS) is 13.6. The van der Waals surface area contributed by atoms with Crippen molar-refractivity contribution >= 4 is 11.5 Å². The molecule has 3 nitrogen and oxygen atoms in total. The first-order chi connectivity index (χ1) is 7.11. The summed E-state index contributed by atoms with van der Waals surface area (Å²) in [7, 11) is 0. The minimum atomic E-state index is -1.32. The van der Waals surface area contributed by atoms with Crippen molar-refractivity contribution < 1.29 is 15.0 Å². The van der Waals surface area contributed by atoms with Gasteiger partial charge in [-0.25, -0.2) is 4.79 Å². The number of carboxylic acids is 1. The fraction of sp³-hybridized carbons (Fsp3) is 0.250. The number of carboxylic acid groups (broad SMARTS) is 1. The van der Waals surface area contributed by atoms with E-state index >= 15 is 0 Å². The number of hydrogen-bond acceptors (Lipinski definition) is 2. The van der Waals surface area contributed by atoms with Crippen LogP contribution in [0.1, 0.15) is 18.9 Å². The molecule has 1 aromatic carbocycles. The van der Waals surface area contributed by atoms with Gasteiger partial charge in [-0.05, 0) is 18.1 Å². The van der Waals surface area contributed by atoms with Crippen molar-refractivity contribution in [2.45, 2.75) is 19.4 Å². The number of aliphatic hydroxyl groups is 1. The van der Waals surface area contributed by atoms with Crippen LogP contribution in [0.3, 0.4) is 0 Å². The monoisotopic (exact) mass is 206 g/mol. The molecule has 0 radical (unpaired) electrons. The van der Waals surface area contributed by atoms with Crippen molar-refractivity contribution in [2.24, 2.45) is 0 Å². The first kappa shape index (κ1) is 11.5. The van der Waals surface area contributed by atoms with E-state index in [2.05, 4.69) is 0 Å². The van der Waals surface area contributed by atoms with Crippen LogP contribution in [-0.4, -0.2) is 22.3 Å². The number of carbonyl (C=O) groups is 1. The van der Waals surface area contributed by atoms with Gasteiger partial charge in [0.1, 0.15) is 0 Å². The Hall–Kier alpha value is -1.61. The zero-order valence-electron chi connectivity index (χ0n) is 8.55. The highest BCUT2D eigenvalue weighted by Crippen LogP contribution is 2.13. The highest BCUT2D eigenvalue weighted by molar-refractivity contribution is 5.73. The molecule has 1 aromatic rings. The summed E-state index contributed by atoms with van der Waals surface area (Å²) in [5.41, 5.74) is 2.01. The molecule has 80 valence electrons. The Morgan fingerprint density at radius 3 is 2.53 bits per heavy atom. The number of benzene rings is 1. The van der Waals surface area contributed by atoms with Crippen LogP contribution < -0.4 is 0 Å². The largest absolute Gasteiger partial charge is 0.479 e. The van der Waals surface area contributed by atoms with E-state index in [0.717, 1.165) is 11.1 Å². The third-order valence-electron chi connectivity index (χ3n) is 2.16. The SMILES string of the molecule is C/C(=C\CC(O)C(=O)O)c1ccccc1. The quantitative estimate of drug-likeness (QED) is 0.791. The molecule has 0 spiro atoms. The van der Waals surface area contributed by atoms with Crippen molar-refractivity contribution in [2.75, 3.05) is 0 Å². The van der Waals surface area contributed by atoms with Crippen LogP contribution in [0.4, 0.5) is 0 Å². The zero-order chi connectivity index (χ0) is 11.3. The molecule has 0 aliphatic heterocycles. The van der Waals surface area contributed by atoms with E-state index in [4.69, 9.17) is 10.2 Å². The summed E-state index contributed by atoms with van der Waals surface area (Å²) < 4.78 is 0. The van der Waals surface area contributed by atoms with E-state index in [-0.39, 0.29) is 6.42 Å². The Bertz CT molecular complexity index is 354. The molecular formula is C12H14O3. The van der Waals surface area contributed by atoms with Crippen LogP contribution >= 0.6 is 0 Å². The smallest absolute Gasteiger partial charge is 0.332 e. The predicted octanol–water partition coefficient (Wildman–Crippen LogP) is 1.93. The van der Waals surface area contributed by atoms with Gasteiger partial charge in [0.25, 0.3) is 0 Å². The molecule has 2 N–H and O–H groups in total. The molecular weight excluding hydrogens is 192 g/mol. The van der Waals surface area contributed by atoms with Crippen molar-refractivity contribution in [1.82, 2.24) is 0 Å². The number of hydrogen-bond donors (Lipinski definition) is 2. The van der Waals surface area contributed by atoms with Crippen molar-refractivity contribution in [3.63, 3.8) is 0 Å². The molecule has 0 saturated heterocycles. The lowest BCUT2D eigenvalue weighted by atomic mass is 10.1. The highest BCUT2D eigenvalue weighted by atomic mass is 16.4. The maximum Gasteiger partial charge on any atom is 0.332 e. The van der Waals surface area contributed by atoms with E-state index in [1.54, 1.807) is 6.08 Å². The fourth-order valence-electron chi connectivity index (χ4n) is 1.21. The average molecular weight is 206 g/mol. The van der Waals surface area contributed by atoms with Crippen LogP contribution in [-0.2, 0) is 4.79 Å². The number of aliphatic hydroxyl groups excluding tert-OH is 1. The second-order valence-corrected chi connectivity index (χ2v) is 3.34. The second-order valence-electron chi connectivity index (χ2n) is 3.34. The summed E-state index contributed by atoms with van der Waals surface area (Å²) in [5.74, 6) is -1.19. The standard InChI is InChI=1S/C12H14O3/c1-9(7-8-11(13)12(14)15)10-5-3-2-4-6-10/h2-7,11,13H,8H2,1H3,(H,14,15)/b9-7+. The molecule has 1 rings (SSSR count). The lowest BCUT2D eigenvalue weighted by molar-refractivity contribution is -0.146. The van der Waals surface area contributed by atoms with E-state index in [0.29, 0.717) is 0 Å². The van der Waals surface area contributed by atoms with Crippen molar-refractivity contribution in [3.05, 3.63) is 42.0 Å². The molecule has 0 aliphatic carbocycles. The summed E-state index contributed by atoms with van der Waals surface area (Å²) in [6, 6.07) is 9.64. The Kier molecular flexibility index (Phi) is 4.06. The van der Waals surface area contributed by atoms with Crippen molar-refractivity contribution in [1.29, 1.82) is 0 Å². The van der Waals surface area contributed by atoms with Gasteiger partial charge in [-0.1, -0.05) is 36.4 Å². The lowest BCUT2D eigenvalue weighted by Crippen LogP contribution is -2.18. The first-order valence-electron chi connectivity index (χ1n) is 4.74. The molecule has 15 heavy (non-hydrogen) atoms. The zero-order valence-corrected chi connectivity index (χ0v) is 8.55. The molecule has 0 aromatic heterocycles. The van der Waals surface area contributed by atoms with Gasteiger partial charge in [-0.3, -0.25) is 0 Å². The number of aliphatic carboxylic acids is 1. The molecule has 0 heterocycles. The Morgan fingerprint density at radius 1 is 1.40 bits per heavy atom. The third kappa shape index (κ3) is 3.56. The van der Waals surface area contributed by atoms with Crippen LogP contribution in [0.5, 0.6) is 0 Å². The van der Waals surface area contributed by atoms with E-state index in [1.807, 2.05) is 37.3 Å². The summed E-state index contributed by atoms with van der Waals surface area (Å²) in [6.45, 7) is 1.89. The fourth-order valence-corrected chi connectivity index (χ4v) is 1.21. The predicted molar refractivity (Wildman–Crippen MR) is 58.4 cm³/mol. The van der Waals surface area contributed by atoms with Crippen LogP contribution in [0, 0.1) is 0 Å². The van der Waals surface area contributed by atoms with Crippen molar-refractivity contribution in [3.8, 4) is 0 Å². The average Bonchev–Trinajstić information content (AvgIpc) is 2.26. The molecule has 0 fully saturated rings. The Morgan fingerprint density at radius 2 is 2.00 bits per heavy atom. The van der Waals surface area contributed by atoms with E-state index in [1.165, 1.54) is 0 Å². The molecule has 1 unspecified atom stereocenters. The molecule has 0 bridgehead atoms. The third-order valence-corrected chi connectivity index (χ3v) is 2.16. The van der Waals surface area contributed by atoms with E-state index < -0.39 is 12.1 Å². The lowest BCUT2D eigenvalue weighted by Gasteiger charge is -2.03.